The van der Waals surface area contributed by atoms with E-state index in [4.69, 9.17) is 25.8 Å². The van der Waals surface area contributed by atoms with Crippen LogP contribution in [0.2, 0.25) is 5.02 Å². The molecule has 0 N–H and O–H groups in total. The molecule has 0 radical (unpaired) electrons. The van der Waals surface area contributed by atoms with Gasteiger partial charge in [-0.1, -0.05) is 11.6 Å². The third-order valence-electron chi connectivity index (χ3n) is 5.23. The number of hydrogen-bond acceptors (Lipinski definition) is 5. The summed E-state index contributed by atoms with van der Waals surface area (Å²) in [7, 11) is 0. The average Bonchev–Trinajstić information content (AvgIpc) is 3.13. The lowest BCUT2D eigenvalue weighted by Crippen LogP contribution is -2.56. The molecule has 1 aliphatic heterocycles. The molecular formula is C24H28ClN3O3. The fourth-order valence-electron chi connectivity index (χ4n) is 4.56. The van der Waals surface area contributed by atoms with E-state index in [9.17, 15) is 0 Å². The number of rotatable bonds is 5. The Bertz CT molecular complexity index is 1030. The number of benzene rings is 2. The summed E-state index contributed by atoms with van der Waals surface area (Å²) in [5, 5.41) is 4.97. The maximum Gasteiger partial charge on any atom is 0.216 e. The molecule has 31 heavy (non-hydrogen) atoms. The SMILES string of the molecule is Cc1cc(Oc2ccc(Cl)cc2)ccc1C1(Cn2cncn2)OC(C)(C)CC(C)(C)O1. The molecule has 6 nitrogen and oxygen atoms in total. The third-order valence-corrected chi connectivity index (χ3v) is 5.48. The average molecular weight is 442 g/mol. The Morgan fingerprint density at radius 3 is 2.23 bits per heavy atom. The zero-order chi connectivity index (χ0) is 22.3. The largest absolute Gasteiger partial charge is 0.457 e. The molecule has 2 aromatic carbocycles. The fourth-order valence-corrected chi connectivity index (χ4v) is 4.69. The number of ether oxygens (including phenoxy) is 3. The third kappa shape index (κ3) is 4.92. The van der Waals surface area contributed by atoms with Crippen molar-refractivity contribution in [2.75, 3.05) is 0 Å². The van der Waals surface area contributed by atoms with Crippen molar-refractivity contribution in [2.24, 2.45) is 0 Å². The maximum atomic E-state index is 6.64. The molecule has 0 bridgehead atoms. The van der Waals surface area contributed by atoms with Crippen LogP contribution in [0, 0.1) is 6.92 Å². The summed E-state index contributed by atoms with van der Waals surface area (Å²) in [4.78, 5) is 4.09. The molecule has 0 unspecified atom stereocenters. The molecule has 0 saturated carbocycles. The maximum absolute atomic E-state index is 6.64. The number of aryl methyl sites for hydroxylation is 1. The van der Waals surface area contributed by atoms with Crippen molar-refractivity contribution in [3.63, 3.8) is 0 Å². The predicted molar refractivity (Wildman–Crippen MR) is 119 cm³/mol. The van der Waals surface area contributed by atoms with Crippen LogP contribution >= 0.6 is 11.6 Å². The molecule has 164 valence electrons. The van der Waals surface area contributed by atoms with Crippen molar-refractivity contribution < 1.29 is 14.2 Å². The predicted octanol–water partition coefficient (Wildman–Crippen LogP) is 5.88. The van der Waals surface area contributed by atoms with E-state index >= 15 is 0 Å². The fraction of sp³-hybridized carbons (Fsp3) is 0.417. The minimum absolute atomic E-state index is 0.382. The van der Waals surface area contributed by atoms with Crippen LogP contribution in [0.15, 0.2) is 55.1 Å². The van der Waals surface area contributed by atoms with Gasteiger partial charge in [0.15, 0.2) is 0 Å². The molecular weight excluding hydrogens is 414 g/mol. The summed E-state index contributed by atoms with van der Waals surface area (Å²) in [6.07, 6.45) is 3.97. The van der Waals surface area contributed by atoms with Crippen LogP contribution in [0.5, 0.6) is 11.5 Å². The first-order chi connectivity index (χ1) is 14.6. The Labute approximate surface area is 188 Å². The molecule has 0 atom stereocenters. The van der Waals surface area contributed by atoms with Crippen LogP contribution in [0.3, 0.4) is 0 Å². The first kappa shape index (κ1) is 21.8. The van der Waals surface area contributed by atoms with Crippen molar-refractivity contribution in [3.05, 3.63) is 71.3 Å². The van der Waals surface area contributed by atoms with Gasteiger partial charge in [-0.25, -0.2) is 9.67 Å². The summed E-state index contributed by atoms with van der Waals surface area (Å²) in [5.41, 5.74) is 1.17. The molecule has 1 aliphatic rings. The lowest BCUT2D eigenvalue weighted by atomic mass is 9.87. The van der Waals surface area contributed by atoms with Crippen LogP contribution < -0.4 is 4.74 Å². The number of hydrogen-bond donors (Lipinski definition) is 0. The van der Waals surface area contributed by atoms with Gasteiger partial charge in [0.1, 0.15) is 30.7 Å². The highest BCUT2D eigenvalue weighted by atomic mass is 35.5. The molecule has 0 aliphatic carbocycles. The lowest BCUT2D eigenvalue weighted by molar-refractivity contribution is -0.380. The van der Waals surface area contributed by atoms with Gasteiger partial charge in [0.25, 0.3) is 0 Å². The van der Waals surface area contributed by atoms with Gasteiger partial charge in [0.05, 0.1) is 11.2 Å². The van der Waals surface area contributed by atoms with Gasteiger partial charge in [-0.2, -0.15) is 5.10 Å². The van der Waals surface area contributed by atoms with Crippen molar-refractivity contribution in [2.45, 2.75) is 64.6 Å². The molecule has 2 heterocycles. The van der Waals surface area contributed by atoms with Crippen LogP contribution in [-0.4, -0.2) is 26.0 Å². The van der Waals surface area contributed by atoms with Gasteiger partial charge in [0, 0.05) is 17.0 Å². The second-order valence-electron chi connectivity index (χ2n) is 9.28. The van der Waals surface area contributed by atoms with E-state index in [1.807, 2.05) is 37.3 Å². The zero-order valence-electron chi connectivity index (χ0n) is 18.6. The van der Waals surface area contributed by atoms with Crippen molar-refractivity contribution >= 4 is 11.6 Å². The van der Waals surface area contributed by atoms with E-state index in [1.54, 1.807) is 23.1 Å². The molecule has 4 rings (SSSR count). The van der Waals surface area contributed by atoms with Gasteiger partial charge >= 0.3 is 0 Å². The van der Waals surface area contributed by atoms with Crippen LogP contribution in [0.1, 0.15) is 45.2 Å². The first-order valence-corrected chi connectivity index (χ1v) is 10.7. The molecule has 7 heteroatoms. The normalized spacial score (nSPS) is 19.2. The van der Waals surface area contributed by atoms with E-state index in [-0.39, 0.29) is 11.2 Å². The van der Waals surface area contributed by atoms with Crippen LogP contribution in [0.4, 0.5) is 0 Å². The number of nitrogens with zero attached hydrogens (tertiary/aromatic N) is 3. The summed E-state index contributed by atoms with van der Waals surface area (Å²) in [5.74, 6) is 0.442. The van der Waals surface area contributed by atoms with Crippen molar-refractivity contribution in [3.8, 4) is 11.5 Å². The Kier molecular flexibility index (Phi) is 5.58. The molecule has 0 spiro atoms. The van der Waals surface area contributed by atoms with Crippen molar-refractivity contribution in [1.82, 2.24) is 14.8 Å². The van der Waals surface area contributed by atoms with Crippen LogP contribution in [0.25, 0.3) is 0 Å². The first-order valence-electron chi connectivity index (χ1n) is 10.3. The zero-order valence-corrected chi connectivity index (χ0v) is 19.3. The second kappa shape index (κ2) is 7.93. The van der Waals surface area contributed by atoms with Crippen molar-refractivity contribution in [1.29, 1.82) is 0 Å². The lowest BCUT2D eigenvalue weighted by Gasteiger charge is -2.52. The van der Waals surface area contributed by atoms with Gasteiger partial charge in [-0.15, -0.1) is 0 Å². The summed E-state index contributed by atoms with van der Waals surface area (Å²) in [6.45, 7) is 10.8. The Morgan fingerprint density at radius 1 is 1.00 bits per heavy atom. The quantitative estimate of drug-likeness (QED) is 0.494. The minimum Gasteiger partial charge on any atom is -0.457 e. The van der Waals surface area contributed by atoms with E-state index in [2.05, 4.69) is 37.8 Å². The molecule has 1 saturated heterocycles. The second-order valence-corrected chi connectivity index (χ2v) is 9.72. The van der Waals surface area contributed by atoms with E-state index in [0.717, 1.165) is 29.0 Å². The molecule has 1 aromatic heterocycles. The van der Waals surface area contributed by atoms with E-state index < -0.39 is 5.79 Å². The molecule has 0 amide bonds. The number of aromatic nitrogens is 3. The summed E-state index contributed by atoms with van der Waals surface area (Å²) >= 11 is 5.97. The van der Waals surface area contributed by atoms with E-state index in [0.29, 0.717) is 11.6 Å². The van der Waals surface area contributed by atoms with Gasteiger partial charge < -0.3 is 14.2 Å². The smallest absolute Gasteiger partial charge is 0.216 e. The number of halogens is 1. The highest BCUT2D eigenvalue weighted by Gasteiger charge is 2.51. The topological polar surface area (TPSA) is 58.4 Å². The van der Waals surface area contributed by atoms with Crippen LogP contribution in [-0.2, 0) is 21.8 Å². The monoisotopic (exact) mass is 441 g/mol. The minimum atomic E-state index is -1.01. The Morgan fingerprint density at radius 2 is 1.65 bits per heavy atom. The van der Waals surface area contributed by atoms with Gasteiger partial charge in [-0.3, -0.25) is 0 Å². The van der Waals surface area contributed by atoms with Gasteiger partial charge in [0.2, 0.25) is 5.79 Å². The highest BCUT2D eigenvalue weighted by Crippen LogP contribution is 2.47. The Balaban J connectivity index is 1.72. The summed E-state index contributed by atoms with van der Waals surface area (Å²) < 4.78 is 21.0. The standard InChI is InChI=1S/C24H28ClN3O3/c1-17-12-20(29-19-8-6-18(25)7-9-19)10-11-21(17)24(14-28-16-26-15-27-28)30-22(2,3)13-23(4,5)31-24/h6-12,15-16H,13-14H2,1-5H3. The highest BCUT2D eigenvalue weighted by molar-refractivity contribution is 6.30. The molecule has 1 fully saturated rings. The van der Waals surface area contributed by atoms with E-state index in [1.165, 1.54) is 6.33 Å². The molecule has 3 aromatic rings. The Hall–Kier alpha value is -2.41. The summed E-state index contributed by atoms with van der Waals surface area (Å²) in [6, 6.07) is 13.2. The van der Waals surface area contributed by atoms with Gasteiger partial charge in [-0.05, 0) is 82.6 Å².